The fourth-order valence-electron chi connectivity index (χ4n) is 2.94. The van der Waals surface area contributed by atoms with Crippen LogP contribution < -0.4 is 15.5 Å². The molecule has 1 aliphatic rings. The van der Waals surface area contributed by atoms with E-state index in [1.807, 2.05) is 6.07 Å². The summed E-state index contributed by atoms with van der Waals surface area (Å²) in [5.74, 6) is 0.474. The van der Waals surface area contributed by atoms with Crippen LogP contribution in [0.1, 0.15) is 12.8 Å². The van der Waals surface area contributed by atoms with Gasteiger partial charge in [0.25, 0.3) is 0 Å². The summed E-state index contributed by atoms with van der Waals surface area (Å²) in [4.78, 5) is 6.39. The summed E-state index contributed by atoms with van der Waals surface area (Å²) in [7, 11) is -1.29. The van der Waals surface area contributed by atoms with Gasteiger partial charge in [-0.05, 0) is 31.0 Å². The third-order valence-electron chi connectivity index (χ3n) is 4.30. The normalized spacial score (nSPS) is 18.4. The van der Waals surface area contributed by atoms with E-state index in [1.165, 1.54) is 12.3 Å². The van der Waals surface area contributed by atoms with Crippen molar-refractivity contribution in [1.82, 2.24) is 10.6 Å². The van der Waals surface area contributed by atoms with Crippen molar-refractivity contribution in [1.29, 1.82) is 0 Å². The molecule has 1 saturated heterocycles. The van der Waals surface area contributed by atoms with Crippen molar-refractivity contribution < 1.29 is 17.5 Å². The Morgan fingerprint density at radius 2 is 2.22 bits per heavy atom. The third-order valence-corrected chi connectivity index (χ3v) is 5.20. The highest BCUT2D eigenvalue weighted by Crippen LogP contribution is 2.20. The van der Waals surface area contributed by atoms with Gasteiger partial charge in [-0.15, -0.1) is 0 Å². The topological polar surface area (TPSA) is 83.0 Å². The first-order valence-corrected chi connectivity index (χ1v) is 11.2. The highest BCUT2D eigenvalue weighted by molar-refractivity contribution is 7.90. The molecule has 1 aromatic rings. The molecule has 7 nitrogen and oxygen atoms in total. The second-order valence-electron chi connectivity index (χ2n) is 6.65. The van der Waals surface area contributed by atoms with Crippen LogP contribution >= 0.6 is 0 Å². The number of anilines is 1. The fourth-order valence-corrected chi connectivity index (χ4v) is 3.36. The van der Waals surface area contributed by atoms with Crippen molar-refractivity contribution in [3.63, 3.8) is 0 Å². The van der Waals surface area contributed by atoms with Crippen LogP contribution in [0.15, 0.2) is 29.3 Å². The molecule has 9 heteroatoms. The minimum absolute atomic E-state index is 0.0258. The summed E-state index contributed by atoms with van der Waals surface area (Å²) in [6.45, 7) is 2.80. The lowest BCUT2D eigenvalue weighted by atomic mass is 10.0. The number of ether oxygens (including phenoxy) is 1. The highest BCUT2D eigenvalue weighted by atomic mass is 32.2. The van der Waals surface area contributed by atoms with Crippen LogP contribution in [0.3, 0.4) is 0 Å². The van der Waals surface area contributed by atoms with E-state index in [-0.39, 0.29) is 24.2 Å². The van der Waals surface area contributed by atoms with E-state index in [4.69, 9.17) is 4.74 Å². The van der Waals surface area contributed by atoms with E-state index in [0.717, 1.165) is 31.6 Å². The number of piperidine rings is 1. The molecular formula is C18H29FN4O3S. The molecule has 2 rings (SSSR count). The largest absolute Gasteiger partial charge is 0.379 e. The number of nitrogens with zero attached hydrogens (tertiary/aromatic N) is 2. The fraction of sp³-hybridized carbons (Fsp3) is 0.611. The molecule has 0 bridgehead atoms. The summed E-state index contributed by atoms with van der Waals surface area (Å²) in [5.41, 5.74) is 0.892. The van der Waals surface area contributed by atoms with Crippen LogP contribution in [0.2, 0.25) is 0 Å². The molecule has 2 N–H and O–H groups in total. The predicted octanol–water partition coefficient (Wildman–Crippen LogP) is 1.02. The lowest BCUT2D eigenvalue weighted by Gasteiger charge is -2.35. The Kier molecular flexibility index (Phi) is 8.30. The van der Waals surface area contributed by atoms with Gasteiger partial charge >= 0.3 is 0 Å². The highest BCUT2D eigenvalue weighted by Gasteiger charge is 2.21. The van der Waals surface area contributed by atoms with Crippen molar-refractivity contribution >= 4 is 21.5 Å². The lowest BCUT2D eigenvalue weighted by Crippen LogP contribution is -2.51. The van der Waals surface area contributed by atoms with Crippen LogP contribution in [0.5, 0.6) is 0 Å². The SMILES string of the molecule is CN=C(NCCOCCS(C)(=O)=O)NC1CCCN(c2cccc(F)c2)C1. The number of sulfone groups is 1. The summed E-state index contributed by atoms with van der Waals surface area (Å²) < 4.78 is 40.8. The average Bonchev–Trinajstić information content (AvgIpc) is 2.63. The Labute approximate surface area is 160 Å². The summed E-state index contributed by atoms with van der Waals surface area (Å²) >= 11 is 0. The first-order valence-electron chi connectivity index (χ1n) is 9.10. The number of hydrogen-bond donors (Lipinski definition) is 2. The molecule has 1 aliphatic heterocycles. The predicted molar refractivity (Wildman–Crippen MR) is 107 cm³/mol. The Hall–Kier alpha value is -1.87. The van der Waals surface area contributed by atoms with Gasteiger partial charge in [0.15, 0.2) is 5.96 Å². The molecule has 0 aromatic heterocycles. The zero-order valence-corrected chi connectivity index (χ0v) is 16.8. The molecule has 1 atom stereocenters. The van der Waals surface area contributed by atoms with Gasteiger partial charge in [0.2, 0.25) is 0 Å². The maximum absolute atomic E-state index is 13.5. The zero-order chi connectivity index (χ0) is 19.7. The van der Waals surface area contributed by atoms with Crippen LogP contribution in [0.25, 0.3) is 0 Å². The molecule has 1 heterocycles. The summed E-state index contributed by atoms with van der Waals surface area (Å²) in [6.07, 6.45) is 3.22. The van der Waals surface area contributed by atoms with E-state index in [2.05, 4.69) is 20.5 Å². The molecule has 1 fully saturated rings. The van der Waals surface area contributed by atoms with Crippen molar-refractivity contribution in [2.45, 2.75) is 18.9 Å². The van der Waals surface area contributed by atoms with Gasteiger partial charge < -0.3 is 20.3 Å². The number of rotatable bonds is 8. The molecule has 27 heavy (non-hydrogen) atoms. The number of halogens is 1. The van der Waals surface area contributed by atoms with Crippen LogP contribution in [0.4, 0.5) is 10.1 Å². The minimum Gasteiger partial charge on any atom is -0.379 e. The Bertz CT molecular complexity index is 727. The summed E-state index contributed by atoms with van der Waals surface area (Å²) in [6, 6.07) is 6.87. The number of hydrogen-bond acceptors (Lipinski definition) is 5. The Balaban J connectivity index is 1.73. The smallest absolute Gasteiger partial charge is 0.191 e. The van der Waals surface area contributed by atoms with Gasteiger partial charge in [-0.1, -0.05) is 6.07 Å². The number of aliphatic imine (C=N–C) groups is 1. The van der Waals surface area contributed by atoms with E-state index >= 15 is 0 Å². The van der Waals surface area contributed by atoms with Crippen LogP contribution in [0, 0.1) is 5.82 Å². The molecule has 152 valence electrons. The molecule has 0 saturated carbocycles. The lowest BCUT2D eigenvalue weighted by molar-refractivity contribution is 0.154. The van der Waals surface area contributed by atoms with Crippen LogP contribution in [-0.4, -0.2) is 72.3 Å². The Morgan fingerprint density at radius 1 is 1.41 bits per heavy atom. The second-order valence-corrected chi connectivity index (χ2v) is 8.91. The molecule has 0 radical (unpaired) electrons. The van der Waals surface area contributed by atoms with Gasteiger partial charge in [0.1, 0.15) is 15.7 Å². The van der Waals surface area contributed by atoms with Gasteiger partial charge in [-0.25, -0.2) is 12.8 Å². The minimum atomic E-state index is -2.99. The molecule has 0 aliphatic carbocycles. The molecule has 0 amide bonds. The number of nitrogens with one attached hydrogen (secondary N) is 2. The van der Waals surface area contributed by atoms with Crippen molar-refractivity contribution in [3.05, 3.63) is 30.1 Å². The zero-order valence-electron chi connectivity index (χ0n) is 15.9. The first-order chi connectivity index (χ1) is 12.9. The van der Waals surface area contributed by atoms with E-state index < -0.39 is 9.84 Å². The van der Waals surface area contributed by atoms with E-state index in [9.17, 15) is 12.8 Å². The Morgan fingerprint density at radius 3 is 2.93 bits per heavy atom. The van der Waals surface area contributed by atoms with Crippen molar-refractivity contribution in [2.24, 2.45) is 4.99 Å². The molecule has 1 aromatic carbocycles. The van der Waals surface area contributed by atoms with Gasteiger partial charge in [-0.2, -0.15) is 0 Å². The average molecular weight is 401 g/mol. The molecule has 0 spiro atoms. The molecular weight excluding hydrogens is 371 g/mol. The van der Waals surface area contributed by atoms with Gasteiger partial charge in [-0.3, -0.25) is 4.99 Å². The molecule has 1 unspecified atom stereocenters. The van der Waals surface area contributed by atoms with Gasteiger partial charge in [0.05, 0.1) is 19.0 Å². The van der Waals surface area contributed by atoms with Gasteiger partial charge in [0, 0.05) is 44.7 Å². The van der Waals surface area contributed by atoms with Crippen molar-refractivity contribution in [2.75, 3.05) is 56.8 Å². The van der Waals surface area contributed by atoms with Crippen LogP contribution in [-0.2, 0) is 14.6 Å². The maximum Gasteiger partial charge on any atom is 0.191 e. The van der Waals surface area contributed by atoms with E-state index in [0.29, 0.717) is 19.1 Å². The maximum atomic E-state index is 13.5. The first kappa shape index (κ1) is 21.4. The summed E-state index contributed by atoms with van der Waals surface area (Å²) in [5, 5.41) is 6.55. The quantitative estimate of drug-likeness (QED) is 0.385. The van der Waals surface area contributed by atoms with E-state index in [1.54, 1.807) is 19.2 Å². The standard InChI is InChI=1S/C18H29FN4O3S/c1-20-18(21-8-10-26-11-12-27(2,24)25)22-16-6-4-9-23(14-16)17-7-3-5-15(19)13-17/h3,5,7,13,16H,4,6,8-12,14H2,1-2H3,(H2,20,21,22). The monoisotopic (exact) mass is 400 g/mol. The third kappa shape index (κ3) is 8.13. The second kappa shape index (κ2) is 10.5. The van der Waals surface area contributed by atoms with Crippen molar-refractivity contribution in [3.8, 4) is 0 Å². The number of guanidine groups is 1. The number of benzene rings is 1.